The van der Waals surface area contributed by atoms with Crippen LogP contribution in [-0.4, -0.2) is 15.9 Å². The van der Waals surface area contributed by atoms with Gasteiger partial charge in [0.1, 0.15) is 24.0 Å². The number of primary amides is 1. The first-order chi connectivity index (χ1) is 10.6. The molecule has 112 valence electrons. The summed E-state index contributed by atoms with van der Waals surface area (Å²) < 4.78 is 19.1. The molecule has 0 bridgehead atoms. The Morgan fingerprint density at radius 2 is 2.09 bits per heavy atom. The average Bonchev–Trinajstić information content (AvgIpc) is 2.87. The maximum Gasteiger partial charge on any atom is 0.225 e. The minimum atomic E-state index is -0.449. The second kappa shape index (κ2) is 5.85. The monoisotopic (exact) mass is 299 g/mol. The van der Waals surface area contributed by atoms with Gasteiger partial charge >= 0.3 is 0 Å². The standard InChI is InChI=1S/C16H14FN3O2/c17-12-4-2-1-3-10(12)9-22-11-5-6-13-14(7-11)20-16(19-13)8-15(18)21/h1-7H,8-9H2,(H2,18,21)(H,19,20). The van der Waals surface area contributed by atoms with E-state index in [-0.39, 0.29) is 18.8 Å². The van der Waals surface area contributed by atoms with Crippen LogP contribution in [0.4, 0.5) is 4.39 Å². The van der Waals surface area contributed by atoms with Gasteiger partial charge < -0.3 is 15.5 Å². The number of rotatable bonds is 5. The zero-order chi connectivity index (χ0) is 15.5. The van der Waals surface area contributed by atoms with E-state index in [0.29, 0.717) is 17.1 Å². The predicted octanol–water partition coefficient (Wildman–Crippen LogP) is 2.31. The van der Waals surface area contributed by atoms with E-state index in [1.165, 1.54) is 6.07 Å². The van der Waals surface area contributed by atoms with Crippen molar-refractivity contribution in [3.63, 3.8) is 0 Å². The summed E-state index contributed by atoms with van der Waals surface area (Å²) in [5, 5.41) is 0. The quantitative estimate of drug-likeness (QED) is 0.758. The molecular weight excluding hydrogens is 285 g/mol. The van der Waals surface area contributed by atoms with Crippen LogP contribution in [0.3, 0.4) is 0 Å². The van der Waals surface area contributed by atoms with Gasteiger partial charge in [0, 0.05) is 11.6 Å². The molecule has 6 heteroatoms. The number of halogens is 1. The highest BCUT2D eigenvalue weighted by atomic mass is 19.1. The van der Waals surface area contributed by atoms with E-state index in [2.05, 4.69) is 9.97 Å². The number of carbonyl (C=O) groups is 1. The molecule has 0 fully saturated rings. The molecule has 5 nitrogen and oxygen atoms in total. The molecule has 0 spiro atoms. The maximum absolute atomic E-state index is 13.5. The van der Waals surface area contributed by atoms with Gasteiger partial charge in [0.25, 0.3) is 0 Å². The molecule has 1 amide bonds. The first-order valence-electron chi connectivity index (χ1n) is 6.75. The first-order valence-corrected chi connectivity index (χ1v) is 6.75. The van der Waals surface area contributed by atoms with Gasteiger partial charge in [-0.3, -0.25) is 4.79 Å². The summed E-state index contributed by atoms with van der Waals surface area (Å²) in [6, 6.07) is 11.7. The Morgan fingerprint density at radius 3 is 2.86 bits per heavy atom. The van der Waals surface area contributed by atoms with Crippen LogP contribution < -0.4 is 10.5 Å². The molecule has 2 aromatic carbocycles. The van der Waals surface area contributed by atoms with Gasteiger partial charge in [-0.05, 0) is 18.2 Å². The van der Waals surface area contributed by atoms with Crippen molar-refractivity contribution in [1.29, 1.82) is 0 Å². The zero-order valence-corrected chi connectivity index (χ0v) is 11.7. The minimum absolute atomic E-state index is 0.0557. The van der Waals surface area contributed by atoms with E-state index in [0.717, 1.165) is 11.0 Å². The van der Waals surface area contributed by atoms with Crippen molar-refractivity contribution in [2.45, 2.75) is 13.0 Å². The Morgan fingerprint density at radius 1 is 1.27 bits per heavy atom. The molecule has 0 aliphatic carbocycles. The Kier molecular flexibility index (Phi) is 3.74. The van der Waals surface area contributed by atoms with Crippen LogP contribution in [0.1, 0.15) is 11.4 Å². The van der Waals surface area contributed by atoms with Crippen LogP contribution in [0, 0.1) is 5.82 Å². The second-order valence-corrected chi connectivity index (χ2v) is 4.89. The van der Waals surface area contributed by atoms with Crippen LogP contribution >= 0.6 is 0 Å². The van der Waals surface area contributed by atoms with Crippen molar-refractivity contribution >= 4 is 16.9 Å². The van der Waals surface area contributed by atoms with E-state index in [4.69, 9.17) is 10.5 Å². The van der Waals surface area contributed by atoms with E-state index in [1.54, 1.807) is 36.4 Å². The summed E-state index contributed by atoms with van der Waals surface area (Å²) in [6.07, 6.45) is 0.0557. The molecule has 0 atom stereocenters. The summed E-state index contributed by atoms with van der Waals surface area (Å²) in [7, 11) is 0. The highest BCUT2D eigenvalue weighted by molar-refractivity contribution is 5.80. The fraction of sp³-hybridized carbons (Fsp3) is 0.125. The lowest BCUT2D eigenvalue weighted by Crippen LogP contribution is -2.14. The van der Waals surface area contributed by atoms with Crippen molar-refractivity contribution in [3.8, 4) is 5.75 Å². The molecule has 0 saturated carbocycles. The van der Waals surface area contributed by atoms with Gasteiger partial charge in [0.05, 0.1) is 17.5 Å². The van der Waals surface area contributed by atoms with Crippen LogP contribution in [0.5, 0.6) is 5.75 Å². The first kappa shape index (κ1) is 14.1. The molecule has 1 heterocycles. The number of benzene rings is 2. The van der Waals surface area contributed by atoms with Gasteiger partial charge in [-0.1, -0.05) is 18.2 Å². The molecular formula is C16H14FN3O2. The van der Waals surface area contributed by atoms with E-state index in [1.807, 2.05) is 0 Å². The molecule has 0 aliphatic rings. The Labute approximate surface area is 125 Å². The van der Waals surface area contributed by atoms with Crippen LogP contribution in [0.25, 0.3) is 11.0 Å². The summed E-state index contributed by atoms with van der Waals surface area (Å²) >= 11 is 0. The zero-order valence-electron chi connectivity index (χ0n) is 11.7. The van der Waals surface area contributed by atoms with Crippen molar-refractivity contribution in [2.75, 3.05) is 0 Å². The molecule has 22 heavy (non-hydrogen) atoms. The number of nitrogens with two attached hydrogens (primary N) is 1. The lowest BCUT2D eigenvalue weighted by Gasteiger charge is -2.06. The smallest absolute Gasteiger partial charge is 0.225 e. The SMILES string of the molecule is NC(=O)Cc1nc2ccc(OCc3ccccc3F)cc2[nH]1. The van der Waals surface area contributed by atoms with Crippen LogP contribution in [-0.2, 0) is 17.8 Å². The van der Waals surface area contributed by atoms with Crippen molar-refractivity contribution in [3.05, 3.63) is 59.7 Å². The summed E-state index contributed by atoms with van der Waals surface area (Å²) in [5.41, 5.74) is 7.09. The summed E-state index contributed by atoms with van der Waals surface area (Å²) in [6.45, 7) is 0.139. The number of H-pyrrole nitrogens is 1. The van der Waals surface area contributed by atoms with Gasteiger partial charge in [-0.2, -0.15) is 0 Å². The van der Waals surface area contributed by atoms with Crippen LogP contribution in [0.15, 0.2) is 42.5 Å². The number of aromatic nitrogens is 2. The molecule has 3 rings (SSSR count). The molecule has 1 aromatic heterocycles. The molecule has 0 unspecified atom stereocenters. The number of ether oxygens (including phenoxy) is 1. The number of hydrogen-bond acceptors (Lipinski definition) is 3. The predicted molar refractivity (Wildman–Crippen MR) is 79.7 cm³/mol. The highest BCUT2D eigenvalue weighted by Gasteiger charge is 2.07. The van der Waals surface area contributed by atoms with Gasteiger partial charge in [-0.15, -0.1) is 0 Å². The third-order valence-corrected chi connectivity index (χ3v) is 3.20. The normalized spacial score (nSPS) is 10.8. The van der Waals surface area contributed by atoms with E-state index < -0.39 is 5.91 Å². The van der Waals surface area contributed by atoms with Gasteiger partial charge in [0.2, 0.25) is 5.91 Å². The number of carbonyl (C=O) groups excluding carboxylic acids is 1. The Bertz CT molecular complexity index is 829. The Balaban J connectivity index is 1.77. The van der Waals surface area contributed by atoms with Crippen LogP contribution in [0.2, 0.25) is 0 Å². The highest BCUT2D eigenvalue weighted by Crippen LogP contribution is 2.20. The number of aromatic amines is 1. The van der Waals surface area contributed by atoms with Crippen molar-refractivity contribution in [2.24, 2.45) is 5.73 Å². The Hall–Kier alpha value is -2.89. The number of nitrogens with one attached hydrogen (secondary N) is 1. The summed E-state index contributed by atoms with van der Waals surface area (Å²) in [5.74, 6) is 0.350. The maximum atomic E-state index is 13.5. The third kappa shape index (κ3) is 3.06. The lowest BCUT2D eigenvalue weighted by atomic mass is 10.2. The molecule has 3 N–H and O–H groups in total. The van der Waals surface area contributed by atoms with Crippen molar-refractivity contribution < 1.29 is 13.9 Å². The van der Waals surface area contributed by atoms with E-state index in [9.17, 15) is 9.18 Å². The lowest BCUT2D eigenvalue weighted by molar-refractivity contribution is -0.117. The number of nitrogens with zero attached hydrogens (tertiary/aromatic N) is 1. The second-order valence-electron chi connectivity index (χ2n) is 4.89. The van der Waals surface area contributed by atoms with Gasteiger partial charge in [-0.25, -0.2) is 9.37 Å². The third-order valence-electron chi connectivity index (χ3n) is 3.20. The summed E-state index contributed by atoms with van der Waals surface area (Å²) in [4.78, 5) is 18.2. The largest absolute Gasteiger partial charge is 0.489 e. The van der Waals surface area contributed by atoms with E-state index >= 15 is 0 Å². The van der Waals surface area contributed by atoms with Crippen molar-refractivity contribution in [1.82, 2.24) is 9.97 Å². The number of fused-ring (bicyclic) bond motifs is 1. The molecule has 3 aromatic rings. The molecule has 0 aliphatic heterocycles. The van der Waals surface area contributed by atoms with Gasteiger partial charge in [0.15, 0.2) is 0 Å². The number of imidazole rings is 1. The molecule has 0 radical (unpaired) electrons. The molecule has 0 saturated heterocycles. The fourth-order valence-corrected chi connectivity index (χ4v) is 2.16. The number of hydrogen-bond donors (Lipinski definition) is 2. The fourth-order valence-electron chi connectivity index (χ4n) is 2.16. The minimum Gasteiger partial charge on any atom is -0.489 e. The number of amides is 1. The topological polar surface area (TPSA) is 81.0 Å². The average molecular weight is 299 g/mol.